The molecule has 182 valence electrons. The van der Waals surface area contributed by atoms with Gasteiger partial charge in [-0.2, -0.15) is 0 Å². The van der Waals surface area contributed by atoms with Crippen LogP contribution in [0, 0.1) is 0 Å². The molecule has 2 aromatic carbocycles. The Morgan fingerprint density at radius 3 is 2.03 bits per heavy atom. The molecule has 3 N–H and O–H groups in total. The molecule has 0 spiro atoms. The van der Waals surface area contributed by atoms with Crippen LogP contribution in [0.4, 0.5) is 4.79 Å². The van der Waals surface area contributed by atoms with Crippen molar-refractivity contribution in [2.75, 3.05) is 20.3 Å². The SMILES string of the molecule is CCC(COC)(NC(=O)OCC1c2ccccc2-c2ccccc21)C(=O)NC(C)(C)CC(=O)O. The van der Waals surface area contributed by atoms with Gasteiger partial charge in [-0.25, -0.2) is 4.79 Å². The fourth-order valence-corrected chi connectivity index (χ4v) is 4.43. The predicted molar refractivity (Wildman–Crippen MR) is 128 cm³/mol. The third kappa shape index (κ3) is 5.39. The van der Waals surface area contributed by atoms with Crippen molar-refractivity contribution in [1.29, 1.82) is 0 Å². The summed E-state index contributed by atoms with van der Waals surface area (Å²) in [6.45, 7) is 4.98. The topological polar surface area (TPSA) is 114 Å². The fourth-order valence-electron chi connectivity index (χ4n) is 4.43. The lowest BCUT2D eigenvalue weighted by molar-refractivity contribution is -0.139. The van der Waals surface area contributed by atoms with Crippen LogP contribution in [0.25, 0.3) is 11.1 Å². The lowest BCUT2D eigenvalue weighted by atomic mass is 9.92. The van der Waals surface area contributed by atoms with E-state index in [4.69, 9.17) is 14.6 Å². The molecule has 1 unspecified atom stereocenters. The number of hydrogen-bond donors (Lipinski definition) is 3. The highest BCUT2D eigenvalue weighted by atomic mass is 16.5. The maximum absolute atomic E-state index is 13.2. The molecule has 8 heteroatoms. The third-order valence-electron chi connectivity index (χ3n) is 6.16. The number of carboxylic acid groups (broad SMARTS) is 1. The number of carbonyl (C=O) groups excluding carboxylic acids is 2. The standard InChI is InChI=1S/C26H32N2O6/c1-5-26(16-33-4,23(31)27-25(2,3)14-22(29)30)28-24(32)34-15-21-19-12-8-6-10-17(19)18-11-7-9-13-20(18)21/h6-13,21H,5,14-16H2,1-4H3,(H,27,31)(H,28,32)(H,29,30). The Balaban J connectivity index is 1.73. The normalized spacial score (nSPS) is 14.5. The highest BCUT2D eigenvalue weighted by Crippen LogP contribution is 2.44. The van der Waals surface area contributed by atoms with E-state index in [0.29, 0.717) is 0 Å². The summed E-state index contributed by atoms with van der Waals surface area (Å²) in [5.74, 6) is -1.68. The van der Waals surface area contributed by atoms with Gasteiger partial charge in [-0.05, 0) is 42.5 Å². The van der Waals surface area contributed by atoms with Crippen LogP contribution in [-0.4, -0.2) is 54.5 Å². The maximum Gasteiger partial charge on any atom is 0.408 e. The van der Waals surface area contributed by atoms with Gasteiger partial charge in [-0.1, -0.05) is 55.5 Å². The average Bonchev–Trinajstić information content (AvgIpc) is 3.10. The van der Waals surface area contributed by atoms with Crippen LogP contribution >= 0.6 is 0 Å². The Morgan fingerprint density at radius 1 is 0.971 bits per heavy atom. The minimum atomic E-state index is -1.41. The Labute approximate surface area is 199 Å². The number of aliphatic carboxylic acids is 1. The van der Waals surface area contributed by atoms with Crippen LogP contribution in [0.15, 0.2) is 48.5 Å². The quantitative estimate of drug-likeness (QED) is 0.490. The van der Waals surface area contributed by atoms with E-state index in [1.54, 1.807) is 20.8 Å². The summed E-state index contributed by atoms with van der Waals surface area (Å²) in [6, 6.07) is 16.0. The molecule has 0 saturated heterocycles. The first-order chi connectivity index (χ1) is 16.1. The molecule has 2 amide bonds. The number of benzene rings is 2. The zero-order chi connectivity index (χ0) is 24.9. The van der Waals surface area contributed by atoms with Crippen LogP contribution in [0.2, 0.25) is 0 Å². The Morgan fingerprint density at radius 2 is 1.53 bits per heavy atom. The summed E-state index contributed by atoms with van der Waals surface area (Å²) in [7, 11) is 1.43. The number of carbonyl (C=O) groups is 3. The summed E-state index contributed by atoms with van der Waals surface area (Å²) in [5.41, 5.74) is 1.99. The van der Waals surface area contributed by atoms with Crippen molar-refractivity contribution in [2.45, 2.75) is 50.6 Å². The largest absolute Gasteiger partial charge is 0.481 e. The van der Waals surface area contributed by atoms with Crippen LogP contribution in [0.3, 0.4) is 0 Å². The lowest BCUT2D eigenvalue weighted by Gasteiger charge is -2.35. The summed E-state index contributed by atoms with van der Waals surface area (Å²) < 4.78 is 10.8. The zero-order valence-corrected chi connectivity index (χ0v) is 20.0. The molecule has 0 fully saturated rings. The van der Waals surface area contributed by atoms with E-state index in [9.17, 15) is 14.4 Å². The van der Waals surface area contributed by atoms with E-state index in [-0.39, 0.29) is 32.0 Å². The van der Waals surface area contributed by atoms with Gasteiger partial charge in [0.05, 0.1) is 13.0 Å². The molecular formula is C26H32N2O6. The second-order valence-electron chi connectivity index (χ2n) is 9.23. The van der Waals surface area contributed by atoms with Crippen LogP contribution in [0.5, 0.6) is 0 Å². The van der Waals surface area contributed by atoms with Gasteiger partial charge in [0.1, 0.15) is 12.1 Å². The van der Waals surface area contributed by atoms with Gasteiger partial charge < -0.3 is 25.2 Å². The molecule has 0 saturated carbocycles. The van der Waals surface area contributed by atoms with Gasteiger partial charge in [0, 0.05) is 18.6 Å². The molecule has 0 heterocycles. The number of ether oxygens (including phenoxy) is 2. The van der Waals surface area contributed by atoms with Crippen LogP contribution < -0.4 is 10.6 Å². The number of rotatable bonds is 10. The monoisotopic (exact) mass is 468 g/mol. The second kappa shape index (κ2) is 10.3. The fraction of sp³-hybridized carbons (Fsp3) is 0.423. The minimum absolute atomic E-state index is 0.0946. The molecule has 34 heavy (non-hydrogen) atoms. The Kier molecular flexibility index (Phi) is 7.61. The Bertz CT molecular complexity index is 1020. The van der Waals surface area contributed by atoms with E-state index in [2.05, 4.69) is 22.8 Å². The van der Waals surface area contributed by atoms with Crippen molar-refractivity contribution >= 4 is 18.0 Å². The minimum Gasteiger partial charge on any atom is -0.481 e. The maximum atomic E-state index is 13.2. The van der Waals surface area contributed by atoms with Crippen LogP contribution in [-0.2, 0) is 19.1 Å². The van der Waals surface area contributed by atoms with Crippen molar-refractivity contribution < 1.29 is 29.0 Å². The number of methoxy groups -OCH3 is 1. The molecular weight excluding hydrogens is 436 g/mol. The number of alkyl carbamates (subject to hydrolysis) is 1. The first kappa shape index (κ1) is 25.2. The predicted octanol–water partition coefficient (Wildman–Crippen LogP) is 3.69. The van der Waals surface area contributed by atoms with Crippen LogP contribution in [0.1, 0.15) is 50.7 Å². The van der Waals surface area contributed by atoms with Gasteiger partial charge in [0.2, 0.25) is 5.91 Å². The molecule has 1 aliphatic rings. The first-order valence-corrected chi connectivity index (χ1v) is 11.3. The van der Waals surface area contributed by atoms with E-state index in [1.165, 1.54) is 7.11 Å². The van der Waals surface area contributed by atoms with Crippen molar-refractivity contribution in [3.05, 3.63) is 59.7 Å². The number of amides is 2. The third-order valence-corrected chi connectivity index (χ3v) is 6.16. The summed E-state index contributed by atoms with van der Waals surface area (Å²) >= 11 is 0. The van der Waals surface area contributed by atoms with E-state index in [0.717, 1.165) is 22.3 Å². The molecule has 0 radical (unpaired) electrons. The van der Waals surface area contributed by atoms with E-state index in [1.807, 2.05) is 36.4 Å². The molecule has 0 aromatic heterocycles. The number of fused-ring (bicyclic) bond motifs is 3. The highest BCUT2D eigenvalue weighted by molar-refractivity contribution is 5.91. The molecule has 8 nitrogen and oxygen atoms in total. The lowest BCUT2D eigenvalue weighted by Crippen LogP contribution is -2.64. The van der Waals surface area contributed by atoms with Gasteiger partial charge in [0.25, 0.3) is 0 Å². The van der Waals surface area contributed by atoms with Gasteiger partial charge in [0.15, 0.2) is 0 Å². The van der Waals surface area contributed by atoms with Crippen molar-refractivity contribution in [3.63, 3.8) is 0 Å². The average molecular weight is 469 g/mol. The summed E-state index contributed by atoms with van der Waals surface area (Å²) in [4.78, 5) is 37.1. The first-order valence-electron chi connectivity index (χ1n) is 11.3. The summed E-state index contributed by atoms with van der Waals surface area (Å²) in [6.07, 6.45) is -0.789. The number of nitrogens with one attached hydrogen (secondary N) is 2. The number of hydrogen-bond acceptors (Lipinski definition) is 5. The molecule has 3 rings (SSSR count). The van der Waals surface area contributed by atoms with E-state index >= 15 is 0 Å². The summed E-state index contributed by atoms with van der Waals surface area (Å²) in [5, 5.41) is 14.5. The van der Waals surface area contributed by atoms with Crippen molar-refractivity contribution in [3.8, 4) is 11.1 Å². The smallest absolute Gasteiger partial charge is 0.408 e. The van der Waals surface area contributed by atoms with Gasteiger partial charge in [-0.3, -0.25) is 9.59 Å². The van der Waals surface area contributed by atoms with Crippen molar-refractivity contribution in [1.82, 2.24) is 10.6 Å². The molecule has 0 aliphatic heterocycles. The van der Waals surface area contributed by atoms with Gasteiger partial charge in [-0.15, -0.1) is 0 Å². The molecule has 1 atom stereocenters. The number of carboxylic acids is 1. The zero-order valence-electron chi connectivity index (χ0n) is 20.0. The molecule has 1 aliphatic carbocycles. The van der Waals surface area contributed by atoms with E-state index < -0.39 is 29.0 Å². The molecule has 0 bridgehead atoms. The Hall–Kier alpha value is -3.39. The van der Waals surface area contributed by atoms with Crippen molar-refractivity contribution in [2.24, 2.45) is 0 Å². The second-order valence-corrected chi connectivity index (χ2v) is 9.23. The molecule has 2 aromatic rings. The van der Waals surface area contributed by atoms with Gasteiger partial charge >= 0.3 is 12.1 Å². The highest BCUT2D eigenvalue weighted by Gasteiger charge is 2.42.